The van der Waals surface area contributed by atoms with Crippen LogP contribution in [-0.2, 0) is 6.54 Å². The summed E-state index contributed by atoms with van der Waals surface area (Å²) in [5.74, 6) is 0.868. The monoisotopic (exact) mass is 281 g/mol. The largest absolute Gasteiger partial charge is 0.489 e. The number of ether oxygens (including phenoxy) is 1. The summed E-state index contributed by atoms with van der Waals surface area (Å²) in [5, 5.41) is 4.21. The molecular weight excluding hydrogens is 258 g/mol. The third-order valence-corrected chi connectivity index (χ3v) is 3.74. The van der Waals surface area contributed by atoms with E-state index in [1.54, 1.807) is 0 Å². The first kappa shape index (κ1) is 14.7. The van der Waals surface area contributed by atoms with Crippen molar-refractivity contribution in [3.05, 3.63) is 28.8 Å². The zero-order valence-corrected chi connectivity index (χ0v) is 12.9. The van der Waals surface area contributed by atoms with Gasteiger partial charge in [0.2, 0.25) is 0 Å². The van der Waals surface area contributed by atoms with Gasteiger partial charge in [0.15, 0.2) is 0 Å². The van der Waals surface area contributed by atoms with E-state index >= 15 is 0 Å². The second-order valence-corrected chi connectivity index (χ2v) is 6.76. The highest BCUT2D eigenvalue weighted by Crippen LogP contribution is 2.33. The minimum absolute atomic E-state index is 0.0902. The Bertz CT molecular complexity index is 419. The van der Waals surface area contributed by atoms with Crippen LogP contribution in [0.2, 0.25) is 5.02 Å². The lowest BCUT2D eigenvalue weighted by Crippen LogP contribution is -2.35. The second-order valence-electron chi connectivity index (χ2n) is 6.36. The average molecular weight is 282 g/mol. The molecule has 0 aliphatic heterocycles. The fourth-order valence-corrected chi connectivity index (χ4v) is 2.60. The molecule has 19 heavy (non-hydrogen) atoms. The Morgan fingerprint density at radius 1 is 1.26 bits per heavy atom. The first-order valence-corrected chi connectivity index (χ1v) is 7.52. The summed E-state index contributed by atoms with van der Waals surface area (Å²) in [6, 6.07) is 5.99. The predicted molar refractivity (Wildman–Crippen MR) is 80.9 cm³/mol. The minimum atomic E-state index is 0.0902. The summed E-state index contributed by atoms with van der Waals surface area (Å²) in [4.78, 5) is 0. The maximum atomic E-state index is 6.31. The number of benzene rings is 1. The molecule has 1 N–H and O–H groups in total. The zero-order chi connectivity index (χ0) is 13.9. The van der Waals surface area contributed by atoms with Crippen molar-refractivity contribution in [3.8, 4) is 5.75 Å². The molecule has 0 amide bonds. The van der Waals surface area contributed by atoms with Crippen molar-refractivity contribution in [3.63, 3.8) is 0 Å². The number of nitrogens with one attached hydrogen (secondary N) is 1. The van der Waals surface area contributed by atoms with Crippen LogP contribution in [0.4, 0.5) is 0 Å². The van der Waals surface area contributed by atoms with Crippen LogP contribution in [0.3, 0.4) is 0 Å². The summed E-state index contributed by atoms with van der Waals surface area (Å²) >= 11 is 6.31. The fourth-order valence-electron chi connectivity index (χ4n) is 2.36. The number of hydrogen-bond donors (Lipinski definition) is 1. The summed E-state index contributed by atoms with van der Waals surface area (Å²) in [5.41, 5.74) is 1.24. The molecule has 1 saturated carbocycles. The molecular formula is C16H24ClNO. The number of halogens is 1. The minimum Gasteiger partial charge on any atom is -0.489 e. The maximum Gasteiger partial charge on any atom is 0.142 e. The number of rotatable bonds is 4. The van der Waals surface area contributed by atoms with Crippen molar-refractivity contribution >= 4 is 11.6 Å². The molecule has 0 unspecified atom stereocenters. The fraction of sp³-hybridized carbons (Fsp3) is 0.625. The van der Waals surface area contributed by atoms with Crippen LogP contribution in [0, 0.1) is 0 Å². The van der Waals surface area contributed by atoms with E-state index in [4.69, 9.17) is 16.3 Å². The van der Waals surface area contributed by atoms with Gasteiger partial charge in [-0.3, -0.25) is 0 Å². The third-order valence-electron chi connectivity index (χ3n) is 3.44. The Balaban J connectivity index is 2.10. The van der Waals surface area contributed by atoms with Crippen LogP contribution in [0.15, 0.2) is 18.2 Å². The molecule has 0 heterocycles. The summed E-state index contributed by atoms with van der Waals surface area (Å²) < 4.78 is 6.13. The van der Waals surface area contributed by atoms with Crippen molar-refractivity contribution in [2.24, 2.45) is 0 Å². The Kier molecular flexibility index (Phi) is 4.75. The van der Waals surface area contributed by atoms with Gasteiger partial charge in [0.05, 0.1) is 11.1 Å². The molecule has 1 fully saturated rings. The molecule has 0 radical (unpaired) electrons. The highest BCUT2D eigenvalue weighted by Gasteiger charge is 2.20. The quantitative estimate of drug-likeness (QED) is 0.874. The Morgan fingerprint density at radius 3 is 2.58 bits per heavy atom. The van der Waals surface area contributed by atoms with Crippen LogP contribution < -0.4 is 10.1 Å². The van der Waals surface area contributed by atoms with Gasteiger partial charge in [-0.2, -0.15) is 0 Å². The van der Waals surface area contributed by atoms with Crippen LogP contribution in [0.5, 0.6) is 5.75 Å². The predicted octanol–water partition coefficient (Wildman–Crippen LogP) is 4.55. The smallest absolute Gasteiger partial charge is 0.142 e. The summed E-state index contributed by atoms with van der Waals surface area (Å²) in [6.45, 7) is 7.27. The molecule has 3 heteroatoms. The van der Waals surface area contributed by atoms with Gasteiger partial charge >= 0.3 is 0 Å². The van der Waals surface area contributed by atoms with E-state index in [9.17, 15) is 0 Å². The van der Waals surface area contributed by atoms with E-state index in [0.717, 1.165) is 35.7 Å². The molecule has 1 aromatic rings. The van der Waals surface area contributed by atoms with Crippen molar-refractivity contribution in [2.45, 2.75) is 64.6 Å². The first-order chi connectivity index (χ1) is 8.96. The lowest BCUT2D eigenvalue weighted by Gasteiger charge is -2.23. The van der Waals surface area contributed by atoms with Crippen molar-refractivity contribution < 1.29 is 4.74 Å². The third kappa shape index (κ3) is 4.39. The molecule has 0 bridgehead atoms. The van der Waals surface area contributed by atoms with Crippen molar-refractivity contribution in [1.82, 2.24) is 5.32 Å². The number of para-hydroxylation sites is 1. The Labute approximate surface area is 121 Å². The zero-order valence-electron chi connectivity index (χ0n) is 12.1. The molecule has 1 aromatic carbocycles. The van der Waals surface area contributed by atoms with E-state index < -0.39 is 0 Å². The molecule has 0 spiro atoms. The first-order valence-electron chi connectivity index (χ1n) is 7.15. The topological polar surface area (TPSA) is 21.3 Å². The lowest BCUT2D eigenvalue weighted by molar-refractivity contribution is 0.207. The average Bonchev–Trinajstić information content (AvgIpc) is 2.82. The Morgan fingerprint density at radius 2 is 1.95 bits per heavy atom. The van der Waals surface area contributed by atoms with E-state index in [0.29, 0.717) is 6.10 Å². The van der Waals surface area contributed by atoms with Gasteiger partial charge < -0.3 is 10.1 Å². The van der Waals surface area contributed by atoms with Crippen LogP contribution in [0.25, 0.3) is 0 Å². The van der Waals surface area contributed by atoms with Gasteiger partial charge in [-0.15, -0.1) is 0 Å². The van der Waals surface area contributed by atoms with Crippen LogP contribution >= 0.6 is 11.6 Å². The molecule has 2 nitrogen and oxygen atoms in total. The highest BCUT2D eigenvalue weighted by atomic mass is 35.5. The van der Waals surface area contributed by atoms with Crippen LogP contribution in [-0.4, -0.2) is 11.6 Å². The summed E-state index contributed by atoms with van der Waals surface area (Å²) in [6.07, 6.45) is 5.18. The Hall–Kier alpha value is -0.730. The van der Waals surface area contributed by atoms with Gasteiger partial charge in [-0.1, -0.05) is 23.7 Å². The van der Waals surface area contributed by atoms with Gasteiger partial charge in [0, 0.05) is 17.6 Å². The van der Waals surface area contributed by atoms with E-state index in [1.807, 2.05) is 12.1 Å². The van der Waals surface area contributed by atoms with Gasteiger partial charge in [-0.05, 0) is 52.5 Å². The van der Waals surface area contributed by atoms with E-state index in [1.165, 1.54) is 12.8 Å². The molecule has 106 valence electrons. The van der Waals surface area contributed by atoms with Gasteiger partial charge in [-0.25, -0.2) is 0 Å². The molecule has 0 atom stereocenters. The van der Waals surface area contributed by atoms with Crippen molar-refractivity contribution in [1.29, 1.82) is 0 Å². The molecule has 2 rings (SSSR count). The van der Waals surface area contributed by atoms with Crippen molar-refractivity contribution in [2.75, 3.05) is 0 Å². The molecule has 0 saturated heterocycles. The van der Waals surface area contributed by atoms with Crippen LogP contribution in [0.1, 0.15) is 52.0 Å². The van der Waals surface area contributed by atoms with E-state index in [2.05, 4.69) is 32.2 Å². The summed E-state index contributed by atoms with van der Waals surface area (Å²) in [7, 11) is 0. The maximum absolute atomic E-state index is 6.31. The number of hydrogen-bond acceptors (Lipinski definition) is 2. The second kappa shape index (κ2) is 6.15. The molecule has 1 aliphatic carbocycles. The highest BCUT2D eigenvalue weighted by molar-refractivity contribution is 6.32. The van der Waals surface area contributed by atoms with E-state index in [-0.39, 0.29) is 5.54 Å². The van der Waals surface area contributed by atoms with Gasteiger partial charge in [0.25, 0.3) is 0 Å². The normalized spacial score (nSPS) is 16.8. The lowest BCUT2D eigenvalue weighted by atomic mass is 10.1. The molecule has 1 aliphatic rings. The standard InChI is InChI=1S/C16H24ClNO/c1-16(2,3)18-11-12-7-6-10-14(17)15(12)19-13-8-4-5-9-13/h6-7,10,13,18H,4-5,8-9,11H2,1-3H3. The SMILES string of the molecule is CC(C)(C)NCc1cccc(Cl)c1OC1CCCC1. The molecule has 0 aromatic heterocycles. The van der Waals surface area contributed by atoms with Gasteiger partial charge in [0.1, 0.15) is 5.75 Å².